The Morgan fingerprint density at radius 2 is 1.53 bits per heavy atom. The molecule has 0 aromatic rings. The van der Waals surface area contributed by atoms with Crippen molar-refractivity contribution in [1.29, 1.82) is 0 Å². The molecule has 0 radical (unpaired) electrons. The summed E-state index contributed by atoms with van der Waals surface area (Å²) in [6.07, 6.45) is 5.33. The van der Waals surface area contributed by atoms with Crippen LogP contribution in [0.15, 0.2) is 0 Å². The van der Waals surface area contributed by atoms with Crippen LogP contribution in [0.25, 0.3) is 0 Å². The van der Waals surface area contributed by atoms with Gasteiger partial charge in [-0.1, -0.05) is 19.3 Å². The molecule has 1 heterocycles. The smallest absolute Gasteiger partial charge is 0.227 e. The predicted octanol–water partition coefficient (Wildman–Crippen LogP) is 0.585. The fourth-order valence-electron chi connectivity index (χ4n) is 3.12. The third-order valence-electron chi connectivity index (χ3n) is 4.42. The second-order valence-corrected chi connectivity index (χ2v) is 5.74. The average Bonchev–Trinajstić information content (AvgIpc) is 2.63. The summed E-state index contributed by atoms with van der Waals surface area (Å²) < 4.78 is 0. The van der Waals surface area contributed by atoms with Crippen molar-refractivity contribution in [2.24, 2.45) is 11.7 Å². The Hall–Kier alpha value is -1.10. The average molecular weight is 267 g/mol. The molecular formula is C14H25N3O2. The second kappa shape index (κ2) is 6.37. The molecule has 1 aliphatic heterocycles. The first kappa shape index (κ1) is 14.3. The molecule has 2 amide bonds. The molecule has 1 saturated heterocycles. The Morgan fingerprint density at radius 1 is 0.947 bits per heavy atom. The van der Waals surface area contributed by atoms with Crippen molar-refractivity contribution in [2.75, 3.05) is 26.2 Å². The molecule has 0 aromatic heterocycles. The third kappa shape index (κ3) is 3.47. The van der Waals surface area contributed by atoms with Gasteiger partial charge in [0.25, 0.3) is 0 Å². The summed E-state index contributed by atoms with van der Waals surface area (Å²) in [5, 5.41) is 0. The van der Waals surface area contributed by atoms with E-state index in [2.05, 4.69) is 0 Å². The molecule has 0 spiro atoms. The summed E-state index contributed by atoms with van der Waals surface area (Å²) >= 11 is 0. The molecule has 108 valence electrons. The first-order valence-electron chi connectivity index (χ1n) is 7.39. The van der Waals surface area contributed by atoms with E-state index in [4.69, 9.17) is 5.73 Å². The van der Waals surface area contributed by atoms with E-state index in [0.717, 1.165) is 25.7 Å². The van der Waals surface area contributed by atoms with E-state index in [9.17, 15) is 9.59 Å². The lowest BCUT2D eigenvalue weighted by Gasteiger charge is -2.36. The zero-order valence-corrected chi connectivity index (χ0v) is 11.8. The minimum Gasteiger partial charge on any atom is -0.339 e. The van der Waals surface area contributed by atoms with Gasteiger partial charge in [-0.05, 0) is 12.8 Å². The van der Waals surface area contributed by atoms with Crippen LogP contribution in [0.5, 0.6) is 0 Å². The maximum atomic E-state index is 12.5. The second-order valence-electron chi connectivity index (χ2n) is 5.74. The number of rotatable bonds is 1. The molecule has 5 heteroatoms. The summed E-state index contributed by atoms with van der Waals surface area (Å²) in [4.78, 5) is 27.5. The quantitative estimate of drug-likeness (QED) is 0.707. The van der Waals surface area contributed by atoms with E-state index in [1.807, 2.05) is 4.90 Å². The lowest BCUT2D eigenvalue weighted by Crippen LogP contribution is -2.53. The molecule has 2 aliphatic rings. The topological polar surface area (TPSA) is 66.6 Å². The summed E-state index contributed by atoms with van der Waals surface area (Å²) in [5.41, 5.74) is 6.15. The Morgan fingerprint density at radius 3 is 2.16 bits per heavy atom. The van der Waals surface area contributed by atoms with Crippen LogP contribution < -0.4 is 5.73 Å². The van der Waals surface area contributed by atoms with Crippen LogP contribution in [-0.4, -0.2) is 53.8 Å². The largest absolute Gasteiger partial charge is 0.339 e. The van der Waals surface area contributed by atoms with Crippen LogP contribution in [-0.2, 0) is 9.59 Å². The zero-order valence-electron chi connectivity index (χ0n) is 11.8. The highest BCUT2D eigenvalue weighted by Gasteiger charge is 2.32. The van der Waals surface area contributed by atoms with Crippen LogP contribution >= 0.6 is 0 Å². The highest BCUT2D eigenvalue weighted by atomic mass is 16.2. The van der Waals surface area contributed by atoms with E-state index in [1.165, 1.54) is 6.42 Å². The molecule has 2 atom stereocenters. The molecule has 2 unspecified atom stereocenters. The van der Waals surface area contributed by atoms with E-state index < -0.39 is 0 Å². The van der Waals surface area contributed by atoms with Crippen molar-refractivity contribution >= 4 is 11.8 Å². The Labute approximate surface area is 115 Å². The summed E-state index contributed by atoms with van der Waals surface area (Å²) in [6, 6.07) is 0.0147. The van der Waals surface area contributed by atoms with Crippen molar-refractivity contribution in [2.45, 2.75) is 45.1 Å². The Bertz CT molecular complexity index is 338. The van der Waals surface area contributed by atoms with Gasteiger partial charge in [-0.15, -0.1) is 0 Å². The van der Waals surface area contributed by atoms with Crippen molar-refractivity contribution in [1.82, 2.24) is 9.80 Å². The minimum atomic E-state index is -0.00798. The zero-order chi connectivity index (χ0) is 13.8. The van der Waals surface area contributed by atoms with Crippen LogP contribution in [0.1, 0.15) is 39.0 Å². The van der Waals surface area contributed by atoms with E-state index >= 15 is 0 Å². The molecular weight excluding hydrogens is 242 g/mol. The number of piperazine rings is 1. The molecule has 5 nitrogen and oxygen atoms in total. The molecule has 1 saturated carbocycles. The van der Waals surface area contributed by atoms with Gasteiger partial charge in [-0.25, -0.2) is 0 Å². The lowest BCUT2D eigenvalue weighted by atomic mass is 9.93. The molecule has 2 fully saturated rings. The van der Waals surface area contributed by atoms with Gasteiger partial charge in [0.05, 0.1) is 5.92 Å². The first-order chi connectivity index (χ1) is 9.09. The van der Waals surface area contributed by atoms with Crippen LogP contribution in [0.2, 0.25) is 0 Å². The van der Waals surface area contributed by atoms with Gasteiger partial charge in [-0.3, -0.25) is 9.59 Å². The van der Waals surface area contributed by atoms with Crippen molar-refractivity contribution in [3.63, 3.8) is 0 Å². The van der Waals surface area contributed by atoms with Crippen LogP contribution in [0, 0.1) is 5.92 Å². The lowest BCUT2D eigenvalue weighted by molar-refractivity contribution is -0.142. The summed E-state index contributed by atoms with van der Waals surface area (Å²) in [7, 11) is 0. The van der Waals surface area contributed by atoms with Crippen molar-refractivity contribution in [3.8, 4) is 0 Å². The summed E-state index contributed by atoms with van der Waals surface area (Å²) in [6.45, 7) is 4.20. The van der Waals surface area contributed by atoms with Gasteiger partial charge in [0.1, 0.15) is 0 Å². The van der Waals surface area contributed by atoms with Gasteiger partial charge in [0.2, 0.25) is 11.8 Å². The molecule has 0 bridgehead atoms. The number of nitrogens with zero attached hydrogens (tertiary/aromatic N) is 2. The van der Waals surface area contributed by atoms with E-state index in [-0.39, 0.29) is 23.8 Å². The number of nitrogens with two attached hydrogens (primary N) is 1. The number of carbonyl (C=O) groups is 2. The summed E-state index contributed by atoms with van der Waals surface area (Å²) in [5.74, 6) is 0.294. The van der Waals surface area contributed by atoms with Crippen molar-refractivity contribution in [3.05, 3.63) is 0 Å². The molecule has 2 rings (SSSR count). The number of carbonyl (C=O) groups excluding carboxylic acids is 2. The third-order valence-corrected chi connectivity index (χ3v) is 4.42. The van der Waals surface area contributed by atoms with Crippen molar-refractivity contribution < 1.29 is 9.59 Å². The Kier molecular flexibility index (Phi) is 4.80. The molecule has 0 aromatic carbocycles. The van der Waals surface area contributed by atoms with Gasteiger partial charge >= 0.3 is 0 Å². The predicted molar refractivity (Wildman–Crippen MR) is 73.4 cm³/mol. The highest BCUT2D eigenvalue weighted by molar-refractivity contribution is 5.80. The number of hydrogen-bond donors (Lipinski definition) is 1. The van der Waals surface area contributed by atoms with Crippen LogP contribution in [0.3, 0.4) is 0 Å². The van der Waals surface area contributed by atoms with Crippen LogP contribution in [0.4, 0.5) is 0 Å². The highest BCUT2D eigenvalue weighted by Crippen LogP contribution is 2.24. The maximum absolute atomic E-state index is 12.5. The minimum absolute atomic E-state index is 0.00798. The molecule has 1 aliphatic carbocycles. The molecule has 2 N–H and O–H groups in total. The monoisotopic (exact) mass is 267 g/mol. The fraction of sp³-hybridized carbons (Fsp3) is 0.857. The fourth-order valence-corrected chi connectivity index (χ4v) is 3.12. The number of amides is 2. The van der Waals surface area contributed by atoms with Gasteiger partial charge in [0, 0.05) is 39.1 Å². The normalized spacial score (nSPS) is 28.9. The first-order valence-corrected chi connectivity index (χ1v) is 7.39. The van der Waals surface area contributed by atoms with Gasteiger partial charge in [-0.2, -0.15) is 0 Å². The standard InChI is InChI=1S/C14H25N3O2/c1-11(18)16-7-9-17(10-8-16)14(19)12-5-3-2-4-6-13(12)15/h12-13H,2-10,15H2,1H3. The number of hydrogen-bond acceptors (Lipinski definition) is 3. The van der Waals surface area contributed by atoms with E-state index in [0.29, 0.717) is 26.2 Å². The molecule has 19 heavy (non-hydrogen) atoms. The van der Waals surface area contributed by atoms with Gasteiger partial charge in [0.15, 0.2) is 0 Å². The Balaban J connectivity index is 1.91. The maximum Gasteiger partial charge on any atom is 0.227 e. The SMILES string of the molecule is CC(=O)N1CCN(C(=O)C2CCCCCC2N)CC1. The van der Waals surface area contributed by atoms with E-state index in [1.54, 1.807) is 11.8 Å². The van der Waals surface area contributed by atoms with Gasteiger partial charge < -0.3 is 15.5 Å².